The zero-order chi connectivity index (χ0) is 18.2. The molecule has 0 heterocycles. The number of halogens is 2. The van der Waals surface area contributed by atoms with Crippen LogP contribution >= 0.6 is 15.9 Å². The molecule has 0 unspecified atom stereocenters. The zero-order valence-electron chi connectivity index (χ0n) is 14.3. The summed E-state index contributed by atoms with van der Waals surface area (Å²) in [5, 5.41) is 4.18. The molecule has 2 atom stereocenters. The SMILES string of the molecule is C[C@H]([C@H](O[N+](C)(C)C(C)(C)C)c1ccc(Br)cc1F)S(N)(=O)=O. The van der Waals surface area contributed by atoms with Crippen molar-refractivity contribution in [2.24, 2.45) is 5.14 Å². The number of nitrogens with two attached hydrogens (primary N) is 1. The zero-order valence-corrected chi connectivity index (χ0v) is 16.7. The summed E-state index contributed by atoms with van der Waals surface area (Å²) in [5.74, 6) is -0.547. The van der Waals surface area contributed by atoms with E-state index in [1.165, 1.54) is 19.1 Å². The number of quaternary nitrogens is 1. The van der Waals surface area contributed by atoms with E-state index in [0.717, 1.165) is 0 Å². The Bertz CT molecular complexity index is 672. The van der Waals surface area contributed by atoms with Gasteiger partial charge in [0.1, 0.15) is 16.6 Å². The highest BCUT2D eigenvalue weighted by Crippen LogP contribution is 2.34. The first kappa shape index (κ1) is 20.5. The van der Waals surface area contributed by atoms with Crippen LogP contribution in [0.25, 0.3) is 0 Å². The lowest BCUT2D eigenvalue weighted by Crippen LogP contribution is -2.56. The van der Waals surface area contributed by atoms with E-state index in [1.807, 2.05) is 20.8 Å². The van der Waals surface area contributed by atoms with Crippen molar-refractivity contribution in [3.8, 4) is 0 Å². The number of sulfonamides is 1. The van der Waals surface area contributed by atoms with E-state index >= 15 is 0 Å². The highest BCUT2D eigenvalue weighted by Gasteiger charge is 2.42. The molecule has 0 aromatic heterocycles. The van der Waals surface area contributed by atoms with E-state index in [2.05, 4.69) is 15.9 Å². The highest BCUT2D eigenvalue weighted by atomic mass is 79.9. The number of hydroxylamine groups is 3. The molecule has 1 aromatic carbocycles. The van der Waals surface area contributed by atoms with E-state index in [-0.39, 0.29) is 15.7 Å². The van der Waals surface area contributed by atoms with Crippen LogP contribution in [-0.4, -0.2) is 37.9 Å². The van der Waals surface area contributed by atoms with Crippen molar-refractivity contribution in [1.82, 2.24) is 0 Å². The van der Waals surface area contributed by atoms with Gasteiger partial charge in [-0.05, 0) is 39.8 Å². The van der Waals surface area contributed by atoms with Gasteiger partial charge in [-0.15, -0.1) is 0 Å². The van der Waals surface area contributed by atoms with Gasteiger partial charge in [0.2, 0.25) is 10.0 Å². The molecule has 0 fully saturated rings. The quantitative estimate of drug-likeness (QED) is 0.597. The molecule has 1 rings (SSSR count). The summed E-state index contributed by atoms with van der Waals surface area (Å²) in [6, 6.07) is 4.43. The van der Waals surface area contributed by atoms with Gasteiger partial charge < -0.3 is 0 Å². The summed E-state index contributed by atoms with van der Waals surface area (Å²) in [6.45, 7) is 7.26. The second-order valence-electron chi connectivity index (χ2n) is 7.01. The lowest BCUT2D eigenvalue weighted by atomic mass is 10.1. The molecular formula is C15H25BrFN2O3S+. The Labute approximate surface area is 146 Å². The molecule has 0 aliphatic heterocycles. The summed E-state index contributed by atoms with van der Waals surface area (Å²) >= 11 is 3.19. The van der Waals surface area contributed by atoms with Crippen LogP contribution < -0.4 is 5.14 Å². The Morgan fingerprint density at radius 3 is 2.22 bits per heavy atom. The van der Waals surface area contributed by atoms with Crippen molar-refractivity contribution < 1.29 is 22.3 Å². The number of hydrogen-bond acceptors (Lipinski definition) is 3. The Balaban J connectivity index is 3.39. The van der Waals surface area contributed by atoms with Gasteiger partial charge in [-0.1, -0.05) is 22.0 Å². The van der Waals surface area contributed by atoms with Gasteiger partial charge >= 0.3 is 0 Å². The van der Waals surface area contributed by atoms with Crippen molar-refractivity contribution in [2.45, 2.75) is 44.6 Å². The number of benzene rings is 1. The summed E-state index contributed by atoms with van der Waals surface area (Å²) < 4.78 is 38.6. The largest absolute Gasteiger partial charge is 0.228 e. The third-order valence-corrected chi connectivity index (χ3v) is 5.98. The fourth-order valence-corrected chi connectivity index (χ4v) is 2.62. The van der Waals surface area contributed by atoms with Gasteiger partial charge in [-0.2, -0.15) is 9.48 Å². The average Bonchev–Trinajstić information content (AvgIpc) is 2.33. The molecule has 0 radical (unpaired) electrons. The maximum atomic E-state index is 14.4. The Kier molecular flexibility index (Phi) is 6.02. The molecular weight excluding hydrogens is 387 g/mol. The number of primary sulfonamides is 1. The molecule has 8 heteroatoms. The molecule has 132 valence electrons. The Hall–Kier alpha value is -0.540. The van der Waals surface area contributed by atoms with E-state index in [1.54, 1.807) is 20.2 Å². The average molecular weight is 412 g/mol. The van der Waals surface area contributed by atoms with E-state index in [4.69, 9.17) is 9.98 Å². The van der Waals surface area contributed by atoms with E-state index in [0.29, 0.717) is 4.47 Å². The maximum Gasteiger partial charge on any atom is 0.214 e. The van der Waals surface area contributed by atoms with Crippen LogP contribution in [0.5, 0.6) is 0 Å². The third kappa shape index (κ3) is 4.96. The molecule has 0 aliphatic rings. The first-order valence-electron chi connectivity index (χ1n) is 7.16. The third-order valence-electron chi connectivity index (χ3n) is 4.21. The minimum atomic E-state index is -3.91. The van der Waals surface area contributed by atoms with Gasteiger partial charge in [0, 0.05) is 10.0 Å². The monoisotopic (exact) mass is 411 g/mol. The van der Waals surface area contributed by atoms with Crippen molar-refractivity contribution in [3.05, 3.63) is 34.1 Å². The fourth-order valence-electron chi connectivity index (χ4n) is 1.74. The van der Waals surface area contributed by atoms with Crippen LogP contribution in [0, 0.1) is 5.82 Å². The van der Waals surface area contributed by atoms with Crippen LogP contribution in [0.3, 0.4) is 0 Å². The lowest BCUT2D eigenvalue weighted by Gasteiger charge is -2.42. The second kappa shape index (κ2) is 6.76. The van der Waals surface area contributed by atoms with Gasteiger partial charge in [0.05, 0.1) is 14.1 Å². The Morgan fingerprint density at radius 2 is 1.83 bits per heavy atom. The van der Waals surface area contributed by atoms with Crippen LogP contribution in [0.4, 0.5) is 4.39 Å². The van der Waals surface area contributed by atoms with E-state index in [9.17, 15) is 12.8 Å². The maximum absolute atomic E-state index is 14.4. The van der Waals surface area contributed by atoms with Gasteiger partial charge in [0.15, 0.2) is 6.10 Å². The number of hydrogen-bond donors (Lipinski definition) is 1. The van der Waals surface area contributed by atoms with Gasteiger partial charge in [0.25, 0.3) is 0 Å². The molecule has 0 bridgehead atoms. The van der Waals surface area contributed by atoms with Crippen LogP contribution in [-0.2, 0) is 14.9 Å². The second-order valence-corrected chi connectivity index (χ2v) is 9.84. The predicted octanol–water partition coefficient (Wildman–Crippen LogP) is 3.11. The Morgan fingerprint density at radius 1 is 1.30 bits per heavy atom. The molecule has 0 aliphatic carbocycles. The van der Waals surface area contributed by atoms with Gasteiger partial charge in [-0.25, -0.2) is 17.9 Å². The first-order valence-corrected chi connectivity index (χ1v) is 9.56. The van der Waals surface area contributed by atoms with Crippen LogP contribution in [0.1, 0.15) is 39.4 Å². The molecule has 23 heavy (non-hydrogen) atoms. The minimum Gasteiger partial charge on any atom is -0.228 e. The smallest absolute Gasteiger partial charge is 0.214 e. The van der Waals surface area contributed by atoms with Gasteiger partial charge in [-0.3, -0.25) is 0 Å². The molecule has 0 amide bonds. The van der Waals surface area contributed by atoms with Crippen molar-refractivity contribution in [1.29, 1.82) is 0 Å². The summed E-state index contributed by atoms with van der Waals surface area (Å²) in [6.07, 6.45) is -1.03. The molecule has 0 spiro atoms. The van der Waals surface area contributed by atoms with Crippen molar-refractivity contribution in [2.75, 3.05) is 14.1 Å². The molecule has 0 saturated carbocycles. The molecule has 0 saturated heterocycles. The topological polar surface area (TPSA) is 69.4 Å². The fraction of sp³-hybridized carbons (Fsp3) is 0.600. The number of rotatable bonds is 5. The standard InChI is InChI=1S/C15H25BrFN2O3S/c1-10(23(18,20)21)14(22-19(5,6)15(2,3)4)12-8-7-11(16)9-13(12)17/h7-10,14H,1-6H3,(H2,18,20,21)/q+1/t10-,14+/m1/s1. The van der Waals surface area contributed by atoms with Crippen molar-refractivity contribution in [3.63, 3.8) is 0 Å². The number of nitrogens with zero attached hydrogens (tertiary/aromatic N) is 1. The van der Waals surface area contributed by atoms with Crippen LogP contribution in [0.15, 0.2) is 22.7 Å². The van der Waals surface area contributed by atoms with Crippen molar-refractivity contribution >= 4 is 26.0 Å². The van der Waals surface area contributed by atoms with Crippen LogP contribution in [0.2, 0.25) is 0 Å². The molecule has 1 aromatic rings. The summed E-state index contributed by atoms with van der Waals surface area (Å²) in [7, 11) is -0.326. The summed E-state index contributed by atoms with van der Waals surface area (Å²) in [5.41, 5.74) is -0.187. The molecule has 2 N–H and O–H groups in total. The molecule has 5 nitrogen and oxygen atoms in total. The summed E-state index contributed by atoms with van der Waals surface area (Å²) in [4.78, 5) is 6.02. The normalized spacial score (nSPS) is 16.2. The van der Waals surface area contributed by atoms with E-state index < -0.39 is 27.2 Å². The predicted molar refractivity (Wildman–Crippen MR) is 92.4 cm³/mol. The highest BCUT2D eigenvalue weighted by molar-refractivity contribution is 9.10. The first-order chi connectivity index (χ1) is 10.2. The lowest BCUT2D eigenvalue weighted by molar-refractivity contribution is -1.12. The minimum absolute atomic E-state index is 0.0348.